The Morgan fingerprint density at radius 3 is 2.86 bits per heavy atom. The van der Waals surface area contributed by atoms with Gasteiger partial charge in [0.25, 0.3) is 0 Å². The Labute approximate surface area is 130 Å². The van der Waals surface area contributed by atoms with Gasteiger partial charge in [-0.15, -0.1) is 0 Å². The van der Waals surface area contributed by atoms with Gasteiger partial charge in [-0.2, -0.15) is 0 Å². The first-order valence-corrected chi connectivity index (χ1v) is 8.14. The molecule has 4 nitrogen and oxygen atoms in total. The molecular weight excluding hydrogens is 280 g/mol. The topological polar surface area (TPSA) is 77.8 Å². The highest BCUT2D eigenvalue weighted by Gasteiger charge is 2.47. The minimum Gasteiger partial charge on any atom is -0.508 e. The van der Waals surface area contributed by atoms with Gasteiger partial charge in [-0.25, -0.2) is 0 Å². The molecule has 0 aromatic heterocycles. The average molecular weight is 304 g/mol. The van der Waals surface area contributed by atoms with E-state index in [0.717, 1.165) is 19.3 Å². The van der Waals surface area contributed by atoms with Gasteiger partial charge in [0, 0.05) is 6.42 Å². The fraction of sp³-hybridized carbons (Fsp3) is 0.611. The number of carboxylic acid groups (broad SMARTS) is 1. The maximum atomic E-state index is 10.9. The van der Waals surface area contributed by atoms with E-state index < -0.39 is 11.6 Å². The summed E-state index contributed by atoms with van der Waals surface area (Å²) >= 11 is 0. The maximum Gasteiger partial charge on any atom is 0.303 e. The van der Waals surface area contributed by atoms with Crippen molar-refractivity contribution in [1.82, 2.24) is 0 Å². The second-order valence-corrected chi connectivity index (χ2v) is 7.13. The number of benzene rings is 1. The SMILES string of the molecule is CC1(O)CCC2c3ccc(O)cc3CCC2C1CCC(=O)O. The largest absolute Gasteiger partial charge is 0.508 e. The van der Waals surface area contributed by atoms with Gasteiger partial charge in [0.2, 0.25) is 0 Å². The number of hydrogen-bond acceptors (Lipinski definition) is 3. The summed E-state index contributed by atoms with van der Waals surface area (Å²) in [4.78, 5) is 10.9. The summed E-state index contributed by atoms with van der Waals surface area (Å²) in [5.41, 5.74) is 1.72. The molecule has 120 valence electrons. The van der Waals surface area contributed by atoms with Gasteiger partial charge >= 0.3 is 5.97 Å². The van der Waals surface area contributed by atoms with Crippen LogP contribution in [0, 0.1) is 11.8 Å². The van der Waals surface area contributed by atoms with Crippen LogP contribution in [0.3, 0.4) is 0 Å². The highest BCUT2D eigenvalue weighted by Crippen LogP contribution is 2.52. The van der Waals surface area contributed by atoms with Gasteiger partial charge in [0.05, 0.1) is 5.60 Å². The summed E-state index contributed by atoms with van der Waals surface area (Å²) in [5.74, 6) is 0.259. The summed E-state index contributed by atoms with van der Waals surface area (Å²) < 4.78 is 0. The van der Waals surface area contributed by atoms with E-state index in [4.69, 9.17) is 5.11 Å². The molecule has 22 heavy (non-hydrogen) atoms. The van der Waals surface area contributed by atoms with E-state index in [-0.39, 0.29) is 12.3 Å². The minimum absolute atomic E-state index is 0.0318. The van der Waals surface area contributed by atoms with Crippen LogP contribution < -0.4 is 0 Å². The molecular formula is C18H24O4. The van der Waals surface area contributed by atoms with E-state index >= 15 is 0 Å². The molecule has 4 atom stereocenters. The molecule has 0 spiro atoms. The van der Waals surface area contributed by atoms with Crippen LogP contribution in [0.1, 0.15) is 56.1 Å². The van der Waals surface area contributed by atoms with Crippen LogP contribution in [0.25, 0.3) is 0 Å². The molecule has 4 unspecified atom stereocenters. The number of hydrogen-bond donors (Lipinski definition) is 3. The lowest BCUT2D eigenvalue weighted by atomic mass is 9.58. The van der Waals surface area contributed by atoms with Crippen LogP contribution in [0.4, 0.5) is 0 Å². The Hall–Kier alpha value is -1.55. The molecule has 1 aromatic rings. The van der Waals surface area contributed by atoms with E-state index in [0.29, 0.717) is 30.4 Å². The lowest BCUT2D eigenvalue weighted by molar-refractivity contribution is -0.138. The molecule has 0 heterocycles. The third-order valence-corrected chi connectivity index (χ3v) is 5.74. The van der Waals surface area contributed by atoms with Crippen molar-refractivity contribution in [2.24, 2.45) is 11.8 Å². The van der Waals surface area contributed by atoms with Crippen molar-refractivity contribution < 1.29 is 20.1 Å². The molecule has 0 amide bonds. The van der Waals surface area contributed by atoms with Crippen LogP contribution in [0.2, 0.25) is 0 Å². The lowest BCUT2D eigenvalue weighted by Gasteiger charge is -2.49. The summed E-state index contributed by atoms with van der Waals surface area (Å²) in [6.45, 7) is 1.86. The first-order chi connectivity index (χ1) is 10.4. The standard InChI is InChI=1S/C18H24O4/c1-18(22)9-8-14-13-5-3-12(19)10-11(13)2-4-15(14)16(18)6-7-17(20)21/h3,5,10,14-16,19,22H,2,4,6-9H2,1H3,(H,20,21). The number of carboxylic acids is 1. The molecule has 2 aliphatic carbocycles. The molecule has 0 bridgehead atoms. The van der Waals surface area contributed by atoms with Crippen molar-refractivity contribution in [2.75, 3.05) is 0 Å². The summed E-state index contributed by atoms with van der Waals surface area (Å²) in [6.07, 6.45) is 4.15. The molecule has 1 fully saturated rings. The van der Waals surface area contributed by atoms with Crippen LogP contribution in [0.5, 0.6) is 5.75 Å². The molecule has 0 aliphatic heterocycles. The number of phenolic OH excluding ortho intramolecular Hbond substituents is 1. The number of fused-ring (bicyclic) bond motifs is 3. The highest BCUT2D eigenvalue weighted by atomic mass is 16.4. The molecule has 3 rings (SSSR count). The van der Waals surface area contributed by atoms with Crippen molar-refractivity contribution in [1.29, 1.82) is 0 Å². The zero-order valence-electron chi connectivity index (χ0n) is 13.0. The predicted molar refractivity (Wildman–Crippen MR) is 82.9 cm³/mol. The predicted octanol–water partition coefficient (Wildman–Crippen LogP) is 3.06. The van der Waals surface area contributed by atoms with Crippen molar-refractivity contribution in [3.8, 4) is 5.75 Å². The molecule has 1 saturated carbocycles. The molecule has 0 saturated heterocycles. The molecule has 1 aromatic carbocycles. The van der Waals surface area contributed by atoms with Crippen molar-refractivity contribution in [3.05, 3.63) is 29.3 Å². The zero-order chi connectivity index (χ0) is 15.9. The van der Waals surface area contributed by atoms with E-state index in [9.17, 15) is 15.0 Å². The summed E-state index contributed by atoms with van der Waals surface area (Å²) in [6, 6.07) is 5.60. The van der Waals surface area contributed by atoms with Gasteiger partial charge in [-0.3, -0.25) is 4.79 Å². The van der Waals surface area contributed by atoms with Gasteiger partial charge in [0.15, 0.2) is 0 Å². The number of aliphatic carboxylic acids is 1. The van der Waals surface area contributed by atoms with E-state index in [1.807, 2.05) is 19.1 Å². The average Bonchev–Trinajstić information content (AvgIpc) is 2.44. The first-order valence-electron chi connectivity index (χ1n) is 8.14. The number of aryl methyl sites for hydroxylation is 1. The monoisotopic (exact) mass is 304 g/mol. The number of aromatic hydroxyl groups is 1. The Morgan fingerprint density at radius 1 is 1.36 bits per heavy atom. The Bertz CT molecular complexity index is 578. The fourth-order valence-corrected chi connectivity index (χ4v) is 4.67. The number of carbonyl (C=O) groups is 1. The quantitative estimate of drug-likeness (QED) is 0.802. The normalized spacial score (nSPS) is 33.8. The smallest absolute Gasteiger partial charge is 0.303 e. The molecule has 4 heteroatoms. The van der Waals surface area contributed by atoms with Crippen LogP contribution in [-0.4, -0.2) is 26.9 Å². The van der Waals surface area contributed by atoms with Crippen molar-refractivity contribution >= 4 is 5.97 Å². The first kappa shape index (κ1) is 15.3. The Morgan fingerprint density at radius 2 is 2.14 bits per heavy atom. The van der Waals surface area contributed by atoms with Gasteiger partial charge < -0.3 is 15.3 Å². The van der Waals surface area contributed by atoms with E-state index in [1.165, 1.54) is 11.1 Å². The third-order valence-electron chi connectivity index (χ3n) is 5.74. The summed E-state index contributed by atoms with van der Waals surface area (Å²) in [7, 11) is 0. The Balaban J connectivity index is 1.89. The van der Waals surface area contributed by atoms with Gasteiger partial charge in [-0.1, -0.05) is 6.07 Å². The van der Waals surface area contributed by atoms with Crippen LogP contribution >= 0.6 is 0 Å². The third kappa shape index (κ3) is 2.72. The number of aliphatic hydroxyl groups is 1. The van der Waals surface area contributed by atoms with Crippen LogP contribution in [0.15, 0.2) is 18.2 Å². The maximum absolute atomic E-state index is 10.9. The Kier molecular flexibility index (Phi) is 3.89. The minimum atomic E-state index is -0.793. The van der Waals surface area contributed by atoms with E-state index in [2.05, 4.69) is 0 Å². The second-order valence-electron chi connectivity index (χ2n) is 7.13. The number of phenols is 1. The zero-order valence-corrected chi connectivity index (χ0v) is 13.0. The van der Waals surface area contributed by atoms with Crippen LogP contribution in [-0.2, 0) is 11.2 Å². The van der Waals surface area contributed by atoms with Crippen molar-refractivity contribution in [3.63, 3.8) is 0 Å². The second kappa shape index (κ2) is 5.58. The lowest BCUT2D eigenvalue weighted by Crippen LogP contribution is -2.47. The van der Waals surface area contributed by atoms with Crippen molar-refractivity contribution in [2.45, 2.75) is 57.0 Å². The summed E-state index contributed by atoms with van der Waals surface area (Å²) in [5, 5.41) is 29.4. The highest BCUT2D eigenvalue weighted by molar-refractivity contribution is 5.66. The molecule has 0 radical (unpaired) electrons. The van der Waals surface area contributed by atoms with E-state index in [1.54, 1.807) is 6.07 Å². The van der Waals surface area contributed by atoms with Gasteiger partial charge in [0.1, 0.15) is 5.75 Å². The number of rotatable bonds is 3. The molecule has 3 N–H and O–H groups in total. The van der Waals surface area contributed by atoms with Gasteiger partial charge in [-0.05, 0) is 80.0 Å². The molecule has 2 aliphatic rings. The fourth-order valence-electron chi connectivity index (χ4n) is 4.67.